The molecule has 82 valence electrons. The van der Waals surface area contributed by atoms with Crippen LogP contribution >= 0.6 is 0 Å². The summed E-state index contributed by atoms with van der Waals surface area (Å²) in [5.41, 5.74) is 10.7. The Balaban J connectivity index is 2.45. The first-order valence-electron chi connectivity index (χ1n) is 5.84. The lowest BCUT2D eigenvalue weighted by molar-refractivity contribution is 0.301. The molecule has 0 spiro atoms. The minimum atomic E-state index is 0.383. The smallest absolute Gasteiger partial charge is 0.00712 e. The van der Waals surface area contributed by atoms with Crippen LogP contribution in [-0.4, -0.2) is 6.54 Å². The molecule has 0 saturated carbocycles. The van der Waals surface area contributed by atoms with Crippen LogP contribution in [0.4, 0.5) is 0 Å². The topological polar surface area (TPSA) is 26.0 Å². The molecule has 0 heterocycles. The molecule has 1 atom stereocenters. The number of benzene rings is 1. The summed E-state index contributed by atoms with van der Waals surface area (Å²) in [6.07, 6.45) is 2.32. The number of hydrogen-bond acceptors (Lipinski definition) is 1. The molecular weight excluding hydrogens is 182 g/mol. The van der Waals surface area contributed by atoms with Crippen molar-refractivity contribution in [1.82, 2.24) is 0 Å². The third kappa shape index (κ3) is 1.69. The summed E-state index contributed by atoms with van der Waals surface area (Å²) in [6.45, 7) is 7.75. The van der Waals surface area contributed by atoms with E-state index in [1.165, 1.54) is 12.0 Å². The Morgan fingerprint density at radius 1 is 1.40 bits per heavy atom. The van der Waals surface area contributed by atoms with Gasteiger partial charge in [-0.05, 0) is 54.3 Å². The molecule has 1 aromatic rings. The van der Waals surface area contributed by atoms with E-state index in [2.05, 4.69) is 39.0 Å². The van der Waals surface area contributed by atoms with Crippen LogP contribution in [-0.2, 0) is 6.42 Å². The van der Waals surface area contributed by atoms with Gasteiger partial charge in [0.15, 0.2) is 0 Å². The van der Waals surface area contributed by atoms with Crippen molar-refractivity contribution in [3.05, 3.63) is 34.9 Å². The SMILES string of the molecule is Cc1cccc2c1CC(C)(C)C2CCN. The fourth-order valence-corrected chi connectivity index (χ4v) is 3.01. The molecule has 0 saturated heterocycles. The maximum atomic E-state index is 5.72. The van der Waals surface area contributed by atoms with Crippen LogP contribution in [0.15, 0.2) is 18.2 Å². The van der Waals surface area contributed by atoms with E-state index in [0.29, 0.717) is 11.3 Å². The molecule has 0 aliphatic heterocycles. The summed E-state index contributed by atoms with van der Waals surface area (Å²) in [7, 11) is 0. The van der Waals surface area contributed by atoms with E-state index in [9.17, 15) is 0 Å². The lowest BCUT2D eigenvalue weighted by atomic mass is 9.78. The van der Waals surface area contributed by atoms with Gasteiger partial charge in [-0.25, -0.2) is 0 Å². The van der Waals surface area contributed by atoms with E-state index in [-0.39, 0.29) is 0 Å². The standard InChI is InChI=1S/C14H21N/c1-10-5-4-6-11-12(10)9-14(2,3)13(11)7-8-15/h4-6,13H,7-9,15H2,1-3H3. The van der Waals surface area contributed by atoms with Crippen molar-refractivity contribution in [3.8, 4) is 0 Å². The van der Waals surface area contributed by atoms with Gasteiger partial charge in [0.25, 0.3) is 0 Å². The Bertz CT molecular complexity index is 366. The van der Waals surface area contributed by atoms with Crippen LogP contribution in [0.3, 0.4) is 0 Å². The van der Waals surface area contributed by atoms with E-state index in [4.69, 9.17) is 5.73 Å². The minimum absolute atomic E-state index is 0.383. The Morgan fingerprint density at radius 2 is 2.13 bits per heavy atom. The summed E-state index contributed by atoms with van der Waals surface area (Å²) in [4.78, 5) is 0. The largest absolute Gasteiger partial charge is 0.330 e. The molecular formula is C14H21N. The molecule has 1 aliphatic rings. The van der Waals surface area contributed by atoms with Gasteiger partial charge >= 0.3 is 0 Å². The first-order valence-corrected chi connectivity index (χ1v) is 5.84. The molecule has 2 rings (SSSR count). The summed E-state index contributed by atoms with van der Waals surface area (Å²) >= 11 is 0. The van der Waals surface area contributed by atoms with Gasteiger partial charge in [-0.3, -0.25) is 0 Å². The van der Waals surface area contributed by atoms with Crippen LogP contribution in [0.25, 0.3) is 0 Å². The molecule has 0 bridgehead atoms. The highest BCUT2D eigenvalue weighted by Gasteiger charge is 2.38. The Labute approximate surface area is 92.7 Å². The highest BCUT2D eigenvalue weighted by molar-refractivity contribution is 5.43. The molecule has 1 aromatic carbocycles. The van der Waals surface area contributed by atoms with Gasteiger partial charge in [0.05, 0.1) is 0 Å². The van der Waals surface area contributed by atoms with Crippen LogP contribution in [0.1, 0.15) is 42.9 Å². The van der Waals surface area contributed by atoms with E-state index < -0.39 is 0 Å². The molecule has 1 aliphatic carbocycles. The second-order valence-corrected chi connectivity index (χ2v) is 5.44. The molecule has 2 N–H and O–H groups in total. The molecule has 0 radical (unpaired) electrons. The van der Waals surface area contributed by atoms with Crippen molar-refractivity contribution >= 4 is 0 Å². The van der Waals surface area contributed by atoms with Gasteiger partial charge in [0.2, 0.25) is 0 Å². The maximum absolute atomic E-state index is 5.72. The second-order valence-electron chi connectivity index (χ2n) is 5.44. The fourth-order valence-electron chi connectivity index (χ4n) is 3.01. The Morgan fingerprint density at radius 3 is 2.80 bits per heavy atom. The van der Waals surface area contributed by atoms with Crippen molar-refractivity contribution in [2.24, 2.45) is 11.1 Å². The van der Waals surface area contributed by atoms with E-state index in [0.717, 1.165) is 13.0 Å². The Hall–Kier alpha value is -0.820. The zero-order chi connectivity index (χ0) is 11.1. The lowest BCUT2D eigenvalue weighted by Crippen LogP contribution is -2.20. The summed E-state index contributed by atoms with van der Waals surface area (Å²) in [5, 5.41) is 0. The first kappa shape index (κ1) is 10.7. The third-order valence-electron chi connectivity index (χ3n) is 3.85. The van der Waals surface area contributed by atoms with E-state index in [1.54, 1.807) is 11.1 Å². The first-order chi connectivity index (χ1) is 7.06. The molecule has 15 heavy (non-hydrogen) atoms. The van der Waals surface area contributed by atoms with Gasteiger partial charge in [-0.2, -0.15) is 0 Å². The number of hydrogen-bond donors (Lipinski definition) is 1. The average Bonchev–Trinajstić information content (AvgIpc) is 2.42. The monoisotopic (exact) mass is 203 g/mol. The van der Waals surface area contributed by atoms with E-state index >= 15 is 0 Å². The van der Waals surface area contributed by atoms with Gasteiger partial charge in [-0.1, -0.05) is 32.0 Å². The molecule has 1 nitrogen and oxygen atoms in total. The number of fused-ring (bicyclic) bond motifs is 1. The lowest BCUT2D eigenvalue weighted by Gasteiger charge is -2.27. The number of rotatable bonds is 2. The molecule has 0 fully saturated rings. The quantitative estimate of drug-likeness (QED) is 0.785. The minimum Gasteiger partial charge on any atom is -0.330 e. The van der Waals surface area contributed by atoms with Gasteiger partial charge in [0, 0.05) is 0 Å². The molecule has 1 heteroatoms. The van der Waals surface area contributed by atoms with Crippen molar-refractivity contribution in [2.45, 2.75) is 39.5 Å². The molecule has 0 aromatic heterocycles. The normalized spacial score (nSPS) is 22.8. The zero-order valence-electron chi connectivity index (χ0n) is 10.0. The van der Waals surface area contributed by atoms with Gasteiger partial charge in [0.1, 0.15) is 0 Å². The van der Waals surface area contributed by atoms with Crippen LogP contribution in [0.5, 0.6) is 0 Å². The molecule has 0 amide bonds. The zero-order valence-corrected chi connectivity index (χ0v) is 10.0. The third-order valence-corrected chi connectivity index (χ3v) is 3.85. The van der Waals surface area contributed by atoms with Crippen molar-refractivity contribution < 1.29 is 0 Å². The maximum Gasteiger partial charge on any atom is -0.00712 e. The van der Waals surface area contributed by atoms with Gasteiger partial charge < -0.3 is 5.73 Å². The van der Waals surface area contributed by atoms with Gasteiger partial charge in [-0.15, -0.1) is 0 Å². The summed E-state index contributed by atoms with van der Waals surface area (Å²) < 4.78 is 0. The average molecular weight is 203 g/mol. The van der Waals surface area contributed by atoms with Crippen LogP contribution in [0, 0.1) is 12.3 Å². The molecule has 1 unspecified atom stereocenters. The van der Waals surface area contributed by atoms with Crippen molar-refractivity contribution in [2.75, 3.05) is 6.54 Å². The Kier molecular flexibility index (Phi) is 2.59. The predicted octanol–water partition coefficient (Wildman–Crippen LogP) is 3.01. The highest BCUT2D eigenvalue weighted by atomic mass is 14.5. The summed E-state index contributed by atoms with van der Waals surface area (Å²) in [6, 6.07) is 6.69. The number of nitrogens with two attached hydrogens (primary N) is 1. The predicted molar refractivity (Wildman–Crippen MR) is 65.1 cm³/mol. The summed E-state index contributed by atoms with van der Waals surface area (Å²) in [5.74, 6) is 0.650. The van der Waals surface area contributed by atoms with Crippen molar-refractivity contribution in [1.29, 1.82) is 0 Å². The fraction of sp³-hybridized carbons (Fsp3) is 0.571. The van der Waals surface area contributed by atoms with Crippen LogP contribution in [0.2, 0.25) is 0 Å². The van der Waals surface area contributed by atoms with E-state index in [1.807, 2.05) is 0 Å². The van der Waals surface area contributed by atoms with Crippen molar-refractivity contribution in [3.63, 3.8) is 0 Å². The second kappa shape index (κ2) is 3.64. The van der Waals surface area contributed by atoms with Crippen LogP contribution < -0.4 is 5.73 Å². The highest BCUT2D eigenvalue weighted by Crippen LogP contribution is 2.49. The number of aryl methyl sites for hydroxylation is 1.